The van der Waals surface area contributed by atoms with Gasteiger partial charge in [-0.3, -0.25) is 4.79 Å². The molecule has 0 atom stereocenters. The smallest absolute Gasteiger partial charge is 0.247 e. The summed E-state index contributed by atoms with van der Waals surface area (Å²) in [6, 6.07) is 14.1. The Morgan fingerprint density at radius 3 is 2.47 bits per heavy atom. The Kier molecular flexibility index (Phi) is 11.9. The van der Waals surface area contributed by atoms with E-state index in [9.17, 15) is 4.79 Å². The number of ether oxygens (including phenoxy) is 1. The Hall–Kier alpha value is -4.63. The molecule has 2 aromatic heterocycles. The highest BCUT2D eigenvalue weighted by molar-refractivity contribution is 6.02. The van der Waals surface area contributed by atoms with Crippen LogP contribution in [0.5, 0.6) is 5.75 Å². The molecule has 0 fully saturated rings. The van der Waals surface area contributed by atoms with Gasteiger partial charge >= 0.3 is 0 Å². The summed E-state index contributed by atoms with van der Waals surface area (Å²) in [5, 5.41) is 7.22. The van der Waals surface area contributed by atoms with Crippen LogP contribution in [0.15, 0.2) is 67.4 Å². The van der Waals surface area contributed by atoms with Gasteiger partial charge in [0.2, 0.25) is 11.9 Å². The van der Waals surface area contributed by atoms with E-state index in [1.54, 1.807) is 7.11 Å². The average molecular weight is 584 g/mol. The third-order valence-corrected chi connectivity index (χ3v) is 6.95. The number of aromatic amines is 1. The Labute approximate surface area is 255 Å². The topological polar surface area (TPSA) is 98.4 Å². The molecule has 0 aliphatic rings. The summed E-state index contributed by atoms with van der Waals surface area (Å²) < 4.78 is 5.78. The number of allylic oxidation sites excluding steroid dienone is 1. The van der Waals surface area contributed by atoms with Crippen LogP contribution in [0.3, 0.4) is 0 Å². The molecule has 3 N–H and O–H groups in total. The van der Waals surface area contributed by atoms with E-state index in [2.05, 4.69) is 63.2 Å². The Balaban J connectivity index is 0.00000248. The van der Waals surface area contributed by atoms with Gasteiger partial charge in [-0.1, -0.05) is 57.7 Å². The first-order valence-corrected chi connectivity index (χ1v) is 14.7. The second-order valence-corrected chi connectivity index (χ2v) is 9.96. The molecule has 0 bridgehead atoms. The normalized spacial score (nSPS) is 11.1. The predicted octanol–water partition coefficient (Wildman–Crippen LogP) is 6.87. The minimum atomic E-state index is -0.304. The molecule has 9 nitrogen and oxygen atoms in total. The predicted molar refractivity (Wildman–Crippen MR) is 181 cm³/mol. The number of fused-ring (bicyclic) bond motifs is 1. The van der Waals surface area contributed by atoms with E-state index >= 15 is 0 Å². The Morgan fingerprint density at radius 2 is 1.81 bits per heavy atom. The highest BCUT2D eigenvalue weighted by Crippen LogP contribution is 2.38. The van der Waals surface area contributed by atoms with Crippen molar-refractivity contribution in [3.63, 3.8) is 0 Å². The molecular formula is C34H45N7O2. The highest BCUT2D eigenvalue weighted by Gasteiger charge is 2.19. The van der Waals surface area contributed by atoms with E-state index < -0.39 is 0 Å². The number of methoxy groups -OCH3 is 1. The number of amides is 1. The number of nitrogens with zero attached hydrogens (tertiary/aromatic N) is 4. The summed E-state index contributed by atoms with van der Waals surface area (Å²) in [5.41, 5.74) is 7.00. The first kappa shape index (κ1) is 32.9. The maximum Gasteiger partial charge on any atom is 0.247 e. The summed E-state index contributed by atoms with van der Waals surface area (Å²) in [6.45, 7) is 13.4. The molecule has 2 aromatic carbocycles. The van der Waals surface area contributed by atoms with Gasteiger partial charge in [-0.05, 0) is 56.8 Å². The number of hydrogen-bond donors (Lipinski definition) is 3. The van der Waals surface area contributed by atoms with E-state index in [1.807, 2.05) is 72.4 Å². The monoisotopic (exact) mass is 583 g/mol. The van der Waals surface area contributed by atoms with Gasteiger partial charge in [-0.2, -0.15) is 4.98 Å². The van der Waals surface area contributed by atoms with Gasteiger partial charge in [0.05, 0.1) is 29.9 Å². The second-order valence-electron chi connectivity index (χ2n) is 9.96. The summed E-state index contributed by atoms with van der Waals surface area (Å²) >= 11 is 0. The molecule has 0 saturated heterocycles. The van der Waals surface area contributed by atoms with Gasteiger partial charge in [-0.15, -0.1) is 0 Å². The summed E-state index contributed by atoms with van der Waals surface area (Å²) in [6.07, 6.45) is 6.12. The van der Waals surface area contributed by atoms with Crippen molar-refractivity contribution in [2.45, 2.75) is 34.1 Å². The molecule has 43 heavy (non-hydrogen) atoms. The quantitative estimate of drug-likeness (QED) is 0.157. The maximum atomic E-state index is 12.4. The van der Waals surface area contributed by atoms with Crippen molar-refractivity contribution >= 4 is 45.5 Å². The highest BCUT2D eigenvalue weighted by atomic mass is 16.5. The van der Waals surface area contributed by atoms with Crippen molar-refractivity contribution in [2.75, 3.05) is 56.9 Å². The lowest BCUT2D eigenvalue weighted by Crippen LogP contribution is -2.29. The summed E-state index contributed by atoms with van der Waals surface area (Å²) in [7, 11) is 7.65. The van der Waals surface area contributed by atoms with Crippen LogP contribution in [-0.2, 0) is 11.2 Å². The molecule has 1 amide bonds. The molecule has 9 heteroatoms. The number of aryl methyl sites for hydroxylation is 1. The van der Waals surface area contributed by atoms with Crippen molar-refractivity contribution < 1.29 is 9.53 Å². The van der Waals surface area contributed by atoms with Crippen molar-refractivity contribution in [3.8, 4) is 5.75 Å². The lowest BCUT2D eigenvalue weighted by molar-refractivity contribution is -0.111. The molecule has 0 aliphatic heterocycles. The van der Waals surface area contributed by atoms with Crippen molar-refractivity contribution in [1.29, 1.82) is 0 Å². The van der Waals surface area contributed by atoms with Gasteiger partial charge in [0.25, 0.3) is 0 Å². The van der Waals surface area contributed by atoms with E-state index in [0.29, 0.717) is 28.7 Å². The molecule has 0 saturated carbocycles. The number of likely N-dealkylation sites (N-methyl/N-ethyl adjacent to an activating group) is 2. The maximum absolute atomic E-state index is 12.4. The van der Waals surface area contributed by atoms with Gasteiger partial charge in [0.15, 0.2) is 0 Å². The molecule has 228 valence electrons. The minimum absolute atomic E-state index is 0.304. The zero-order valence-corrected chi connectivity index (χ0v) is 26.7. The molecule has 0 aliphatic carbocycles. The van der Waals surface area contributed by atoms with E-state index in [0.717, 1.165) is 47.4 Å². The number of benzene rings is 2. The molecule has 0 spiro atoms. The van der Waals surface area contributed by atoms with Crippen LogP contribution >= 0.6 is 0 Å². The number of carbonyl (C=O) groups excluding carboxylic acids is 1. The van der Waals surface area contributed by atoms with Crippen LogP contribution in [0, 0.1) is 0 Å². The third-order valence-electron chi connectivity index (χ3n) is 6.95. The van der Waals surface area contributed by atoms with Gasteiger partial charge in [-0.25, -0.2) is 4.98 Å². The summed E-state index contributed by atoms with van der Waals surface area (Å²) in [5.74, 6) is 0.686. The molecule has 4 rings (SSSR count). The molecule has 2 heterocycles. The van der Waals surface area contributed by atoms with Crippen LogP contribution in [0.4, 0.5) is 23.0 Å². The lowest BCUT2D eigenvalue weighted by atomic mass is 9.94. The molecular weight excluding hydrogens is 538 g/mol. The van der Waals surface area contributed by atoms with Crippen LogP contribution in [0.25, 0.3) is 16.6 Å². The first-order valence-electron chi connectivity index (χ1n) is 14.7. The minimum Gasteiger partial charge on any atom is -0.494 e. The van der Waals surface area contributed by atoms with Gasteiger partial charge in [0, 0.05) is 43.4 Å². The Bertz CT molecular complexity index is 1570. The van der Waals surface area contributed by atoms with Crippen LogP contribution < -0.4 is 20.3 Å². The number of carbonyl (C=O) groups is 1. The lowest BCUT2D eigenvalue weighted by Gasteiger charge is -2.26. The third kappa shape index (κ3) is 7.81. The second kappa shape index (κ2) is 15.6. The van der Waals surface area contributed by atoms with Crippen LogP contribution in [0.2, 0.25) is 0 Å². The zero-order valence-electron chi connectivity index (χ0n) is 26.7. The van der Waals surface area contributed by atoms with E-state index in [4.69, 9.17) is 14.7 Å². The van der Waals surface area contributed by atoms with Crippen molar-refractivity contribution in [2.24, 2.45) is 0 Å². The molecule has 0 radical (unpaired) electrons. The fourth-order valence-corrected chi connectivity index (χ4v) is 4.74. The number of hydrogen-bond acceptors (Lipinski definition) is 7. The van der Waals surface area contributed by atoms with E-state index in [-0.39, 0.29) is 5.91 Å². The number of nitrogens with one attached hydrogen (secondary N) is 3. The number of aromatic nitrogens is 3. The number of anilines is 4. The van der Waals surface area contributed by atoms with Gasteiger partial charge < -0.3 is 30.2 Å². The summed E-state index contributed by atoms with van der Waals surface area (Å²) in [4.78, 5) is 29.5. The van der Waals surface area contributed by atoms with Gasteiger partial charge in [0.1, 0.15) is 11.4 Å². The Morgan fingerprint density at radius 1 is 1.07 bits per heavy atom. The standard InChI is InChI=1S/C32H39N7O2.C2H6/c1-8-21-13-11-12-14-23(21)22(9-2)30-24-15-16-33-31(24)37-32(36-30)35-26-19-25(34-29(40)10-3)27(20-28(26)41-7)39(6)18-17-38(4)5;1-2/h9-16,19-20H,3,8,17-18H2,1-2,4-7H3,(H,34,40)(H2,33,35,36,37);1-2H3/b22-9+;. The van der Waals surface area contributed by atoms with E-state index in [1.165, 1.54) is 11.6 Å². The zero-order chi connectivity index (χ0) is 31.5. The number of H-pyrrole nitrogens is 1. The fraction of sp³-hybridized carbons (Fsp3) is 0.324. The average Bonchev–Trinajstić information content (AvgIpc) is 3.50. The SMILES string of the molecule is C=CC(=O)Nc1cc(Nc2nc(/C(=C/C)c3ccccc3CC)c3cc[nH]c3n2)c(OC)cc1N(C)CCN(C)C.CC. The largest absolute Gasteiger partial charge is 0.494 e. The van der Waals surface area contributed by atoms with Crippen LogP contribution in [-0.4, -0.2) is 67.1 Å². The number of rotatable bonds is 12. The van der Waals surface area contributed by atoms with Crippen LogP contribution in [0.1, 0.15) is 44.5 Å². The van der Waals surface area contributed by atoms with Crippen molar-refractivity contribution in [3.05, 3.63) is 84.2 Å². The van der Waals surface area contributed by atoms with Crippen molar-refractivity contribution in [1.82, 2.24) is 19.9 Å². The first-order chi connectivity index (χ1) is 20.8. The molecule has 4 aromatic rings. The molecule has 0 unspecified atom stereocenters. The fourth-order valence-electron chi connectivity index (χ4n) is 4.74.